The summed E-state index contributed by atoms with van der Waals surface area (Å²) in [4.78, 5) is 28.9. The summed E-state index contributed by atoms with van der Waals surface area (Å²) >= 11 is 0. The lowest BCUT2D eigenvalue weighted by atomic mass is 10.0. The molecule has 1 aliphatic heterocycles. The number of aromatic amines is 1. The fraction of sp³-hybridized carbons (Fsp3) is 0.444. The lowest BCUT2D eigenvalue weighted by Crippen LogP contribution is -2.53. The number of aromatic nitrogens is 1. The number of hydrogen-bond donors (Lipinski definition) is 3. The van der Waals surface area contributed by atoms with Gasteiger partial charge >= 0.3 is 0 Å². The molecule has 146 valence electrons. The van der Waals surface area contributed by atoms with Crippen LogP contribution in [0.25, 0.3) is 10.9 Å². The zero-order valence-electron chi connectivity index (χ0n) is 15.0. The van der Waals surface area contributed by atoms with E-state index in [1.807, 2.05) is 0 Å². The van der Waals surface area contributed by atoms with Gasteiger partial charge in [0.1, 0.15) is 23.7 Å². The van der Waals surface area contributed by atoms with Gasteiger partial charge in [-0.2, -0.15) is 0 Å². The van der Waals surface area contributed by atoms with Crippen LogP contribution in [0.4, 0.5) is 4.39 Å². The van der Waals surface area contributed by atoms with E-state index >= 15 is 0 Å². The number of carbonyl (C=O) groups excluding carboxylic acids is 2. The van der Waals surface area contributed by atoms with E-state index in [9.17, 15) is 19.1 Å². The number of hydrogen-bond acceptors (Lipinski definition) is 5. The Morgan fingerprint density at radius 2 is 2.26 bits per heavy atom. The first-order chi connectivity index (χ1) is 12.9. The number of β-amino-alcohol motifs (C(OH)–C–C–N with tert-alkyl or cyclic N) is 1. The van der Waals surface area contributed by atoms with E-state index in [0.717, 1.165) is 0 Å². The smallest absolute Gasteiger partial charge is 0.270 e. The number of fused-ring (bicyclic) bond motifs is 1. The van der Waals surface area contributed by atoms with Crippen molar-refractivity contribution in [1.82, 2.24) is 15.2 Å². The summed E-state index contributed by atoms with van der Waals surface area (Å²) in [6.45, 7) is 0.332. The highest BCUT2D eigenvalue weighted by Gasteiger charge is 2.35. The molecular weight excluding hydrogens is 357 g/mol. The standard InChI is InChI=1S/C18H22FN3O5/c1-26-8-16(23)20-9-18(25)10-22(4-5-27-11-18)17(24)15-7-12-6-13(19)2-3-14(12)21-15/h2-3,6-7,21,25H,4-5,8-11H2,1H3,(H,20,23)/t18-/m1/s1. The quantitative estimate of drug-likeness (QED) is 0.692. The van der Waals surface area contributed by atoms with Crippen LogP contribution in [0.2, 0.25) is 0 Å². The van der Waals surface area contributed by atoms with Gasteiger partial charge in [-0.1, -0.05) is 0 Å². The van der Waals surface area contributed by atoms with Crippen molar-refractivity contribution in [3.05, 3.63) is 35.8 Å². The molecular formula is C18H22FN3O5. The number of benzene rings is 1. The van der Waals surface area contributed by atoms with Gasteiger partial charge in [-0.15, -0.1) is 0 Å². The lowest BCUT2D eigenvalue weighted by Gasteiger charge is -2.30. The molecule has 1 aliphatic rings. The number of carbonyl (C=O) groups is 2. The van der Waals surface area contributed by atoms with Crippen molar-refractivity contribution in [3.63, 3.8) is 0 Å². The van der Waals surface area contributed by atoms with Crippen molar-refractivity contribution in [3.8, 4) is 0 Å². The van der Waals surface area contributed by atoms with Crippen molar-refractivity contribution in [2.75, 3.05) is 46.6 Å². The Hall–Kier alpha value is -2.49. The maximum atomic E-state index is 13.4. The van der Waals surface area contributed by atoms with Crippen LogP contribution in [0.5, 0.6) is 0 Å². The molecule has 3 N–H and O–H groups in total. The second-order valence-electron chi connectivity index (χ2n) is 6.63. The number of amides is 2. The molecule has 9 heteroatoms. The Balaban J connectivity index is 1.73. The Labute approximate surface area is 155 Å². The lowest BCUT2D eigenvalue weighted by molar-refractivity contribution is -0.126. The Morgan fingerprint density at radius 3 is 3.04 bits per heavy atom. The highest BCUT2D eigenvalue weighted by atomic mass is 19.1. The maximum Gasteiger partial charge on any atom is 0.270 e. The average Bonchev–Trinajstić information content (AvgIpc) is 2.95. The summed E-state index contributed by atoms with van der Waals surface area (Å²) in [5.41, 5.74) is -0.482. The first-order valence-corrected chi connectivity index (χ1v) is 8.53. The molecule has 0 aliphatic carbocycles. The van der Waals surface area contributed by atoms with Crippen LogP contribution in [0, 0.1) is 5.82 Å². The largest absolute Gasteiger partial charge is 0.384 e. The molecule has 8 nitrogen and oxygen atoms in total. The molecule has 2 amide bonds. The van der Waals surface area contributed by atoms with Gasteiger partial charge in [0.25, 0.3) is 5.91 Å². The summed E-state index contributed by atoms with van der Waals surface area (Å²) in [5, 5.41) is 13.9. The zero-order chi connectivity index (χ0) is 19.4. The number of halogens is 1. The van der Waals surface area contributed by atoms with E-state index in [-0.39, 0.29) is 57.1 Å². The first kappa shape index (κ1) is 19.3. The SMILES string of the molecule is COCC(=O)NC[C@]1(O)COCCN(C(=O)c2cc3cc(F)ccc3[nH]2)C1. The number of aliphatic hydroxyl groups is 1. The second-order valence-corrected chi connectivity index (χ2v) is 6.63. The normalized spacial score (nSPS) is 20.5. The fourth-order valence-electron chi connectivity index (χ4n) is 3.03. The molecule has 1 atom stereocenters. The minimum Gasteiger partial charge on any atom is -0.384 e. The predicted octanol–water partition coefficient (Wildman–Crippen LogP) is 0.273. The van der Waals surface area contributed by atoms with Crippen LogP contribution >= 0.6 is 0 Å². The second kappa shape index (κ2) is 8.03. The summed E-state index contributed by atoms with van der Waals surface area (Å²) in [6.07, 6.45) is 0. The highest BCUT2D eigenvalue weighted by Crippen LogP contribution is 2.20. The fourth-order valence-corrected chi connectivity index (χ4v) is 3.03. The van der Waals surface area contributed by atoms with Gasteiger partial charge in [0.2, 0.25) is 5.91 Å². The number of rotatable bonds is 5. The Kier molecular flexibility index (Phi) is 5.73. The summed E-state index contributed by atoms with van der Waals surface area (Å²) in [7, 11) is 1.40. The molecule has 0 unspecified atom stereocenters. The number of methoxy groups -OCH3 is 1. The van der Waals surface area contributed by atoms with E-state index in [1.54, 1.807) is 12.1 Å². The molecule has 0 radical (unpaired) electrons. The number of nitrogens with one attached hydrogen (secondary N) is 2. The molecule has 0 saturated carbocycles. The van der Waals surface area contributed by atoms with Crippen molar-refractivity contribution < 1.29 is 28.6 Å². The van der Waals surface area contributed by atoms with E-state index in [1.165, 1.54) is 24.1 Å². The van der Waals surface area contributed by atoms with E-state index in [4.69, 9.17) is 9.47 Å². The molecule has 2 aromatic rings. The van der Waals surface area contributed by atoms with Gasteiger partial charge in [-0.3, -0.25) is 9.59 Å². The van der Waals surface area contributed by atoms with Crippen LogP contribution in [0.1, 0.15) is 10.5 Å². The predicted molar refractivity (Wildman–Crippen MR) is 94.8 cm³/mol. The molecule has 0 spiro atoms. The van der Waals surface area contributed by atoms with Gasteiger partial charge in [-0.05, 0) is 24.3 Å². The molecule has 1 aromatic carbocycles. The van der Waals surface area contributed by atoms with E-state index < -0.39 is 5.60 Å². The summed E-state index contributed by atoms with van der Waals surface area (Å²) < 4.78 is 23.5. The first-order valence-electron chi connectivity index (χ1n) is 8.53. The van der Waals surface area contributed by atoms with Gasteiger partial charge in [0.15, 0.2) is 0 Å². The van der Waals surface area contributed by atoms with Crippen LogP contribution in [0.15, 0.2) is 24.3 Å². The van der Waals surface area contributed by atoms with Crippen LogP contribution in [-0.2, 0) is 14.3 Å². The van der Waals surface area contributed by atoms with Crippen molar-refractivity contribution in [2.45, 2.75) is 5.60 Å². The average molecular weight is 379 g/mol. The number of nitrogens with zero attached hydrogens (tertiary/aromatic N) is 1. The number of ether oxygens (including phenoxy) is 2. The molecule has 1 aromatic heterocycles. The third-order valence-electron chi connectivity index (χ3n) is 4.35. The molecule has 27 heavy (non-hydrogen) atoms. The summed E-state index contributed by atoms with van der Waals surface area (Å²) in [5.74, 6) is -1.09. The van der Waals surface area contributed by atoms with Crippen molar-refractivity contribution >= 4 is 22.7 Å². The molecule has 1 fully saturated rings. The molecule has 0 bridgehead atoms. The van der Waals surface area contributed by atoms with Gasteiger partial charge in [0.05, 0.1) is 26.3 Å². The summed E-state index contributed by atoms with van der Waals surface area (Å²) in [6, 6.07) is 5.80. The Morgan fingerprint density at radius 1 is 1.44 bits per heavy atom. The monoisotopic (exact) mass is 379 g/mol. The minimum absolute atomic E-state index is 0.0111. The van der Waals surface area contributed by atoms with Crippen LogP contribution < -0.4 is 5.32 Å². The highest BCUT2D eigenvalue weighted by molar-refractivity contribution is 5.98. The van der Waals surface area contributed by atoms with Gasteiger partial charge < -0.3 is 29.8 Å². The van der Waals surface area contributed by atoms with E-state index in [0.29, 0.717) is 16.6 Å². The maximum absolute atomic E-state index is 13.4. The third kappa shape index (κ3) is 4.62. The van der Waals surface area contributed by atoms with Crippen LogP contribution in [0.3, 0.4) is 0 Å². The topological polar surface area (TPSA) is 104 Å². The Bertz CT molecular complexity index is 840. The van der Waals surface area contributed by atoms with Crippen LogP contribution in [-0.4, -0.2) is 79.0 Å². The molecule has 3 rings (SSSR count). The van der Waals surface area contributed by atoms with Crippen molar-refractivity contribution in [2.24, 2.45) is 0 Å². The van der Waals surface area contributed by atoms with Crippen molar-refractivity contribution in [1.29, 1.82) is 0 Å². The minimum atomic E-state index is -1.42. The number of H-pyrrole nitrogens is 1. The molecule has 1 saturated heterocycles. The van der Waals surface area contributed by atoms with Gasteiger partial charge in [0, 0.05) is 24.6 Å². The van der Waals surface area contributed by atoms with Gasteiger partial charge in [-0.25, -0.2) is 4.39 Å². The third-order valence-corrected chi connectivity index (χ3v) is 4.35. The zero-order valence-corrected chi connectivity index (χ0v) is 15.0. The van der Waals surface area contributed by atoms with E-state index in [2.05, 4.69) is 10.3 Å². The molecule has 2 heterocycles.